The third-order valence-electron chi connectivity index (χ3n) is 8.63. The first kappa shape index (κ1) is 39.8. The fourth-order valence-corrected chi connectivity index (χ4v) is 6.07. The van der Waals surface area contributed by atoms with E-state index in [2.05, 4.69) is 16.0 Å². The molecule has 0 aromatic heterocycles. The predicted octanol–water partition coefficient (Wildman–Crippen LogP) is -3.31. The Morgan fingerprint density at radius 2 is 1.29 bits per heavy atom. The zero-order valence-corrected chi connectivity index (χ0v) is 27.8. The third-order valence-corrected chi connectivity index (χ3v) is 8.63. The van der Waals surface area contributed by atoms with E-state index in [1.807, 2.05) is 0 Å². The van der Waals surface area contributed by atoms with Crippen LogP contribution in [0.3, 0.4) is 0 Å². The number of nitrogens with zero attached hydrogens (tertiary/aromatic N) is 2. The summed E-state index contributed by atoms with van der Waals surface area (Å²) in [6.07, 6.45) is -0.930. The second-order valence-electron chi connectivity index (χ2n) is 12.5. The Hall–Kier alpha value is -5.59. The summed E-state index contributed by atoms with van der Waals surface area (Å²) in [5.74, 6) is -8.82. The molecule has 11 N–H and O–H groups in total. The standard InChI is InChI=1S/C32H44N8O11/c33-18(10-11-24(34)41)27(45)36-19(16-26(43)44)28(46)37-21(15-25(35)42)31(49)39-12-4-8-22(39)29(47)38-20(14-17-6-2-1-3-7-17)30(48)40-13-5-9-23(40)32(50)51/h1-3,6-7,18-23H,4-5,8-16,33H2,(H2,34,41)(H2,35,42)(H,36,45)(H,37,46)(H,38,47)(H,43,44)(H,50,51)/t18-,19-,20-,21-,22-,23-/m0/s1. The fraction of sp³-hybridized carbons (Fsp3) is 0.531. The van der Waals surface area contributed by atoms with Crippen LogP contribution in [0, 0.1) is 0 Å². The molecule has 2 aliphatic rings. The number of benzene rings is 1. The molecule has 0 saturated carbocycles. The lowest BCUT2D eigenvalue weighted by molar-refractivity contribution is -0.150. The molecule has 2 aliphatic heterocycles. The van der Waals surface area contributed by atoms with Crippen LogP contribution in [0.4, 0.5) is 0 Å². The number of carboxylic acid groups (broad SMARTS) is 2. The molecular weight excluding hydrogens is 672 g/mol. The fourth-order valence-electron chi connectivity index (χ4n) is 6.07. The van der Waals surface area contributed by atoms with E-state index < -0.39 is 102 Å². The topological polar surface area (TPSA) is 315 Å². The van der Waals surface area contributed by atoms with E-state index in [1.165, 1.54) is 4.90 Å². The van der Waals surface area contributed by atoms with Crippen molar-refractivity contribution in [1.82, 2.24) is 25.8 Å². The first-order chi connectivity index (χ1) is 24.1. The summed E-state index contributed by atoms with van der Waals surface area (Å²) in [6, 6.07) is 0.544. The van der Waals surface area contributed by atoms with Crippen molar-refractivity contribution in [1.29, 1.82) is 0 Å². The number of carbonyl (C=O) groups is 9. The zero-order valence-electron chi connectivity index (χ0n) is 27.8. The van der Waals surface area contributed by atoms with Crippen LogP contribution in [-0.2, 0) is 49.6 Å². The average Bonchev–Trinajstić information content (AvgIpc) is 3.76. The van der Waals surface area contributed by atoms with Gasteiger partial charge in [0.15, 0.2) is 0 Å². The second-order valence-corrected chi connectivity index (χ2v) is 12.5. The van der Waals surface area contributed by atoms with Gasteiger partial charge in [0.05, 0.1) is 18.9 Å². The Balaban J connectivity index is 1.80. The Kier molecular flexibility index (Phi) is 14.4. The molecule has 0 spiro atoms. The lowest BCUT2D eigenvalue weighted by Gasteiger charge is -2.31. The van der Waals surface area contributed by atoms with Crippen molar-refractivity contribution in [2.75, 3.05) is 13.1 Å². The molecule has 2 saturated heterocycles. The molecular formula is C32H44N8O11. The van der Waals surface area contributed by atoms with E-state index in [-0.39, 0.29) is 45.2 Å². The minimum absolute atomic E-state index is 0.0105. The Morgan fingerprint density at radius 3 is 1.86 bits per heavy atom. The van der Waals surface area contributed by atoms with Gasteiger partial charge in [0.2, 0.25) is 41.4 Å². The van der Waals surface area contributed by atoms with Crippen molar-refractivity contribution in [3.63, 3.8) is 0 Å². The van der Waals surface area contributed by atoms with E-state index in [0.717, 1.165) is 4.90 Å². The summed E-state index contributed by atoms with van der Waals surface area (Å²) >= 11 is 0. The van der Waals surface area contributed by atoms with Gasteiger partial charge in [-0.3, -0.25) is 38.4 Å². The van der Waals surface area contributed by atoms with E-state index in [4.69, 9.17) is 17.2 Å². The molecule has 7 amide bonds. The van der Waals surface area contributed by atoms with Crippen LogP contribution >= 0.6 is 0 Å². The molecule has 2 heterocycles. The number of carboxylic acids is 2. The van der Waals surface area contributed by atoms with Gasteiger partial charge in [0, 0.05) is 25.9 Å². The minimum atomic E-state index is -1.76. The van der Waals surface area contributed by atoms with Gasteiger partial charge in [-0.2, -0.15) is 0 Å². The lowest BCUT2D eigenvalue weighted by Crippen LogP contribution is -2.60. The number of hydrogen-bond acceptors (Lipinski definition) is 10. The van der Waals surface area contributed by atoms with Gasteiger partial charge in [-0.15, -0.1) is 0 Å². The quantitative estimate of drug-likeness (QED) is 0.0741. The van der Waals surface area contributed by atoms with Crippen molar-refractivity contribution in [2.24, 2.45) is 17.2 Å². The molecule has 0 aliphatic carbocycles. The van der Waals surface area contributed by atoms with Crippen LogP contribution in [0.2, 0.25) is 0 Å². The van der Waals surface area contributed by atoms with Crippen LogP contribution in [0.1, 0.15) is 56.9 Å². The molecule has 0 radical (unpaired) electrons. The van der Waals surface area contributed by atoms with Crippen molar-refractivity contribution in [2.45, 2.75) is 94.0 Å². The summed E-state index contributed by atoms with van der Waals surface area (Å²) in [6.45, 7) is 0.193. The number of rotatable bonds is 18. The molecule has 1 aromatic rings. The van der Waals surface area contributed by atoms with Crippen molar-refractivity contribution in [3.05, 3.63) is 35.9 Å². The maximum absolute atomic E-state index is 13.8. The Morgan fingerprint density at radius 1 is 0.725 bits per heavy atom. The summed E-state index contributed by atoms with van der Waals surface area (Å²) in [7, 11) is 0. The van der Waals surface area contributed by atoms with E-state index in [0.29, 0.717) is 18.4 Å². The highest BCUT2D eigenvalue weighted by atomic mass is 16.4. The largest absolute Gasteiger partial charge is 0.481 e. The van der Waals surface area contributed by atoms with E-state index in [1.54, 1.807) is 30.3 Å². The molecule has 1 aromatic carbocycles. The molecule has 19 heteroatoms. The lowest BCUT2D eigenvalue weighted by atomic mass is 10.0. The highest BCUT2D eigenvalue weighted by Gasteiger charge is 2.42. The molecule has 51 heavy (non-hydrogen) atoms. The summed E-state index contributed by atoms with van der Waals surface area (Å²) in [5.41, 5.74) is 16.8. The number of aliphatic carboxylic acids is 2. The second kappa shape index (κ2) is 18.4. The van der Waals surface area contributed by atoms with Gasteiger partial charge in [0.1, 0.15) is 30.2 Å². The van der Waals surface area contributed by atoms with Gasteiger partial charge in [0.25, 0.3) is 0 Å². The Bertz CT molecular complexity index is 1510. The van der Waals surface area contributed by atoms with Crippen LogP contribution in [0.5, 0.6) is 0 Å². The monoisotopic (exact) mass is 716 g/mol. The van der Waals surface area contributed by atoms with Crippen LogP contribution < -0.4 is 33.2 Å². The van der Waals surface area contributed by atoms with E-state index >= 15 is 0 Å². The number of nitrogens with one attached hydrogen (secondary N) is 3. The van der Waals surface area contributed by atoms with Gasteiger partial charge < -0.3 is 53.2 Å². The maximum atomic E-state index is 13.8. The van der Waals surface area contributed by atoms with Crippen LogP contribution in [-0.4, -0.2) is 123 Å². The smallest absolute Gasteiger partial charge is 0.326 e. The van der Waals surface area contributed by atoms with Gasteiger partial charge in [-0.05, 0) is 37.7 Å². The number of carbonyl (C=O) groups excluding carboxylic acids is 7. The molecule has 0 bridgehead atoms. The van der Waals surface area contributed by atoms with Crippen LogP contribution in [0.15, 0.2) is 30.3 Å². The molecule has 6 atom stereocenters. The molecule has 0 unspecified atom stereocenters. The normalized spacial score (nSPS) is 19.2. The predicted molar refractivity (Wildman–Crippen MR) is 176 cm³/mol. The van der Waals surface area contributed by atoms with Crippen LogP contribution in [0.25, 0.3) is 0 Å². The first-order valence-electron chi connectivity index (χ1n) is 16.4. The van der Waals surface area contributed by atoms with Gasteiger partial charge >= 0.3 is 11.9 Å². The SMILES string of the molecule is NC(=O)CC[C@H](N)C(=O)N[C@@H](CC(=O)O)C(=O)N[C@@H](CC(N)=O)C(=O)N1CCC[C@H]1C(=O)N[C@@H](Cc1ccccc1)C(=O)N1CCC[C@H]1C(=O)O. The maximum Gasteiger partial charge on any atom is 0.326 e. The Labute approximate surface area is 292 Å². The van der Waals surface area contributed by atoms with Gasteiger partial charge in [-0.1, -0.05) is 30.3 Å². The summed E-state index contributed by atoms with van der Waals surface area (Å²) in [4.78, 5) is 116. The number of amides is 7. The molecule has 3 rings (SSSR count). The van der Waals surface area contributed by atoms with E-state index in [9.17, 15) is 53.4 Å². The average molecular weight is 717 g/mol. The van der Waals surface area contributed by atoms with Gasteiger partial charge in [-0.25, -0.2) is 4.79 Å². The highest BCUT2D eigenvalue weighted by molar-refractivity contribution is 5.99. The molecule has 19 nitrogen and oxygen atoms in total. The summed E-state index contributed by atoms with van der Waals surface area (Å²) in [5, 5.41) is 26.1. The summed E-state index contributed by atoms with van der Waals surface area (Å²) < 4.78 is 0. The highest BCUT2D eigenvalue weighted by Crippen LogP contribution is 2.22. The molecule has 2 fully saturated rings. The van der Waals surface area contributed by atoms with Crippen molar-refractivity contribution < 1.29 is 53.4 Å². The minimum Gasteiger partial charge on any atom is -0.481 e. The third kappa shape index (κ3) is 11.5. The number of primary amides is 2. The number of nitrogens with two attached hydrogens (primary N) is 3. The zero-order chi connectivity index (χ0) is 37.8. The van der Waals surface area contributed by atoms with Crippen molar-refractivity contribution >= 4 is 53.3 Å². The first-order valence-corrected chi connectivity index (χ1v) is 16.4. The van der Waals surface area contributed by atoms with Crippen molar-refractivity contribution in [3.8, 4) is 0 Å². The molecule has 278 valence electrons. The number of hydrogen-bond donors (Lipinski definition) is 8. The number of likely N-dealkylation sites (tertiary alicyclic amines) is 2.